The fourth-order valence-electron chi connectivity index (χ4n) is 2.67. The summed E-state index contributed by atoms with van der Waals surface area (Å²) >= 11 is 8.27. The summed E-state index contributed by atoms with van der Waals surface area (Å²) in [5, 5.41) is 11.9. The molecule has 1 N–H and O–H groups in total. The molecule has 0 aliphatic carbocycles. The molecular weight excluding hydrogens is 479 g/mol. The summed E-state index contributed by atoms with van der Waals surface area (Å²) in [5.41, 5.74) is 1.15. The van der Waals surface area contributed by atoms with Gasteiger partial charge in [-0.15, -0.1) is 21.5 Å². The Morgan fingerprint density at radius 2 is 2.06 bits per heavy atom. The molecule has 0 radical (unpaired) electrons. The molecule has 0 saturated carbocycles. The number of methoxy groups -OCH3 is 1. The number of hydrogen-bond acceptors (Lipinski definition) is 8. The van der Waals surface area contributed by atoms with Crippen molar-refractivity contribution in [3.8, 4) is 5.75 Å². The van der Waals surface area contributed by atoms with Gasteiger partial charge >= 0.3 is 5.97 Å². The van der Waals surface area contributed by atoms with Gasteiger partial charge in [-0.25, -0.2) is 9.18 Å². The van der Waals surface area contributed by atoms with E-state index in [4.69, 9.17) is 21.1 Å². The molecule has 2 aromatic heterocycles. The Kier molecular flexibility index (Phi) is 7.75. The van der Waals surface area contributed by atoms with Crippen LogP contribution in [0.4, 0.5) is 9.39 Å². The molecule has 170 valence electrons. The van der Waals surface area contributed by atoms with E-state index in [9.17, 15) is 14.0 Å². The van der Waals surface area contributed by atoms with Crippen molar-refractivity contribution < 1.29 is 23.5 Å². The molecule has 0 aliphatic heterocycles. The third-order valence-corrected chi connectivity index (χ3v) is 6.98. The van der Waals surface area contributed by atoms with Crippen LogP contribution >= 0.6 is 34.7 Å². The number of nitrogens with one attached hydrogen (secondary N) is 1. The highest BCUT2D eigenvalue weighted by molar-refractivity contribution is 7.99. The Balaban J connectivity index is 1.59. The fraction of sp³-hybridized carbons (Fsp3) is 0.300. The third-order valence-electron chi connectivity index (χ3n) is 4.54. The maximum Gasteiger partial charge on any atom is 0.341 e. The van der Waals surface area contributed by atoms with Crippen molar-refractivity contribution in [2.45, 2.75) is 25.6 Å². The van der Waals surface area contributed by atoms with Crippen LogP contribution in [-0.4, -0.2) is 39.5 Å². The van der Waals surface area contributed by atoms with E-state index in [-0.39, 0.29) is 23.3 Å². The third kappa shape index (κ3) is 5.40. The number of benzene rings is 1. The second-order valence-corrected chi connectivity index (χ2v) is 9.21. The van der Waals surface area contributed by atoms with E-state index in [1.807, 2.05) is 13.8 Å². The van der Waals surface area contributed by atoms with Gasteiger partial charge in [0.15, 0.2) is 11.0 Å². The number of carbonyl (C=O) groups excluding carboxylic acids is 2. The monoisotopic (exact) mass is 498 g/mol. The molecule has 0 fully saturated rings. The van der Waals surface area contributed by atoms with Crippen LogP contribution < -0.4 is 10.1 Å². The van der Waals surface area contributed by atoms with Gasteiger partial charge in [0.1, 0.15) is 23.2 Å². The summed E-state index contributed by atoms with van der Waals surface area (Å²) in [6.07, 6.45) is 0. The number of aryl methyl sites for hydroxylation is 1. The fourth-order valence-corrected chi connectivity index (χ4v) is 4.63. The molecule has 2 heterocycles. The van der Waals surface area contributed by atoms with E-state index in [1.54, 1.807) is 11.6 Å². The van der Waals surface area contributed by atoms with Gasteiger partial charge in [0.2, 0.25) is 5.91 Å². The molecule has 1 amide bonds. The highest BCUT2D eigenvalue weighted by atomic mass is 35.5. The number of hydrogen-bond donors (Lipinski definition) is 1. The summed E-state index contributed by atoms with van der Waals surface area (Å²) in [5.74, 6) is -0.321. The van der Waals surface area contributed by atoms with Crippen LogP contribution in [-0.2, 0) is 23.2 Å². The Morgan fingerprint density at radius 1 is 1.31 bits per heavy atom. The topological polar surface area (TPSA) is 95.3 Å². The summed E-state index contributed by atoms with van der Waals surface area (Å²) in [7, 11) is 3.05. The van der Waals surface area contributed by atoms with Gasteiger partial charge in [-0.05, 0) is 31.5 Å². The predicted molar refractivity (Wildman–Crippen MR) is 121 cm³/mol. The number of ether oxygens (including phenoxy) is 2. The minimum Gasteiger partial charge on any atom is -0.486 e. The molecule has 1 aromatic carbocycles. The van der Waals surface area contributed by atoms with Crippen LogP contribution in [0.5, 0.6) is 5.75 Å². The van der Waals surface area contributed by atoms with Crippen LogP contribution in [0.1, 0.15) is 26.6 Å². The van der Waals surface area contributed by atoms with Crippen molar-refractivity contribution >= 4 is 51.6 Å². The molecule has 0 saturated heterocycles. The standard InChI is InChI=1S/C20H20ClFN4O4S2/c1-10-11(2)32-18(17(10)19(28)29-4)23-16(27)9-31-20-25-24-15(26(20)3)8-30-12-5-6-14(22)13(21)7-12/h5-7H,8-9H2,1-4H3,(H,23,27). The van der Waals surface area contributed by atoms with Crippen molar-refractivity contribution in [1.29, 1.82) is 0 Å². The van der Waals surface area contributed by atoms with Gasteiger partial charge in [0, 0.05) is 18.0 Å². The Hall–Kier alpha value is -2.63. The van der Waals surface area contributed by atoms with E-state index < -0.39 is 11.8 Å². The number of halogens is 2. The van der Waals surface area contributed by atoms with E-state index in [1.165, 1.54) is 48.4 Å². The second-order valence-electron chi connectivity index (χ2n) is 6.64. The first-order valence-corrected chi connectivity index (χ1v) is 11.5. The minimum absolute atomic E-state index is 0.0331. The molecule has 0 aliphatic rings. The lowest BCUT2D eigenvalue weighted by Crippen LogP contribution is -2.16. The maximum atomic E-state index is 13.2. The maximum absolute atomic E-state index is 13.2. The number of nitrogens with zero attached hydrogens (tertiary/aromatic N) is 3. The highest BCUT2D eigenvalue weighted by Gasteiger charge is 2.22. The number of anilines is 1. The largest absolute Gasteiger partial charge is 0.486 e. The Morgan fingerprint density at radius 3 is 2.75 bits per heavy atom. The van der Waals surface area contributed by atoms with Crippen LogP contribution in [0, 0.1) is 19.7 Å². The Labute approximate surface area is 197 Å². The molecule has 0 bridgehead atoms. The molecule has 3 aromatic rings. The van der Waals surface area contributed by atoms with Gasteiger partial charge in [-0.1, -0.05) is 23.4 Å². The van der Waals surface area contributed by atoms with Crippen LogP contribution in [0.25, 0.3) is 0 Å². The van der Waals surface area contributed by atoms with Crippen LogP contribution in [0.3, 0.4) is 0 Å². The van der Waals surface area contributed by atoms with E-state index >= 15 is 0 Å². The predicted octanol–water partition coefficient (Wildman–Crippen LogP) is 4.38. The number of esters is 1. The highest BCUT2D eigenvalue weighted by Crippen LogP contribution is 2.33. The second kappa shape index (κ2) is 10.3. The molecule has 0 atom stereocenters. The number of aromatic nitrogens is 3. The zero-order valence-corrected chi connectivity index (χ0v) is 20.1. The number of amides is 1. The van der Waals surface area contributed by atoms with Crippen molar-refractivity contribution in [2.75, 3.05) is 18.2 Å². The molecule has 0 unspecified atom stereocenters. The molecule has 32 heavy (non-hydrogen) atoms. The van der Waals surface area contributed by atoms with Gasteiger partial charge in [0.25, 0.3) is 0 Å². The molecule has 3 rings (SSSR count). The summed E-state index contributed by atoms with van der Waals surface area (Å²) in [4.78, 5) is 25.4. The normalized spacial score (nSPS) is 10.8. The molecular formula is C20H20ClFN4O4S2. The average Bonchev–Trinajstić information content (AvgIpc) is 3.25. The Bertz CT molecular complexity index is 1160. The SMILES string of the molecule is COC(=O)c1c(NC(=O)CSc2nnc(COc3ccc(F)c(Cl)c3)n2C)sc(C)c1C. The first-order valence-electron chi connectivity index (χ1n) is 9.28. The molecule has 8 nitrogen and oxygen atoms in total. The number of thiophene rings is 1. The van der Waals surface area contributed by atoms with Crippen molar-refractivity contribution in [1.82, 2.24) is 14.8 Å². The quantitative estimate of drug-likeness (QED) is 0.363. The first kappa shape index (κ1) is 24.0. The summed E-state index contributed by atoms with van der Waals surface area (Å²) in [6.45, 7) is 3.78. The van der Waals surface area contributed by atoms with E-state index in [2.05, 4.69) is 15.5 Å². The van der Waals surface area contributed by atoms with E-state index in [0.29, 0.717) is 27.3 Å². The lowest BCUT2D eigenvalue weighted by molar-refractivity contribution is -0.113. The number of carbonyl (C=O) groups is 2. The number of thioether (sulfide) groups is 1. The smallest absolute Gasteiger partial charge is 0.341 e. The first-order chi connectivity index (χ1) is 15.2. The lowest BCUT2D eigenvalue weighted by atomic mass is 10.1. The zero-order chi connectivity index (χ0) is 23.4. The van der Waals surface area contributed by atoms with E-state index in [0.717, 1.165) is 10.4 Å². The van der Waals surface area contributed by atoms with Crippen molar-refractivity contribution in [3.63, 3.8) is 0 Å². The average molecular weight is 499 g/mol. The van der Waals surface area contributed by atoms with Crippen molar-refractivity contribution in [3.05, 3.63) is 50.9 Å². The van der Waals surface area contributed by atoms with Crippen LogP contribution in [0.15, 0.2) is 23.4 Å². The lowest BCUT2D eigenvalue weighted by Gasteiger charge is -2.08. The van der Waals surface area contributed by atoms with Gasteiger partial charge < -0.3 is 19.4 Å². The summed E-state index contributed by atoms with van der Waals surface area (Å²) < 4.78 is 25.3. The zero-order valence-electron chi connectivity index (χ0n) is 17.7. The van der Waals surface area contributed by atoms with Gasteiger partial charge in [0.05, 0.1) is 23.4 Å². The van der Waals surface area contributed by atoms with Gasteiger partial charge in [-0.3, -0.25) is 4.79 Å². The summed E-state index contributed by atoms with van der Waals surface area (Å²) in [6, 6.07) is 4.06. The molecule has 0 spiro atoms. The van der Waals surface area contributed by atoms with Crippen molar-refractivity contribution in [2.24, 2.45) is 7.05 Å². The van der Waals surface area contributed by atoms with Crippen LogP contribution in [0.2, 0.25) is 5.02 Å². The minimum atomic E-state index is -0.527. The number of rotatable bonds is 8. The van der Waals surface area contributed by atoms with Gasteiger partial charge in [-0.2, -0.15) is 0 Å². The molecule has 12 heteroatoms.